The molecule has 1 atom stereocenters. The van der Waals surface area contributed by atoms with E-state index in [-0.39, 0.29) is 5.91 Å². The predicted octanol–water partition coefficient (Wildman–Crippen LogP) is 2.59. The van der Waals surface area contributed by atoms with Crippen molar-refractivity contribution in [3.63, 3.8) is 0 Å². The molecule has 24 heavy (non-hydrogen) atoms. The SMILES string of the molecule is CC(CNC(=O)c1cc(N2CCOCC2)ccn1)Cc1cccs1. The van der Waals surface area contributed by atoms with Crippen LogP contribution in [0.5, 0.6) is 0 Å². The van der Waals surface area contributed by atoms with Crippen molar-refractivity contribution in [1.29, 1.82) is 0 Å². The number of nitrogens with zero attached hydrogens (tertiary/aromatic N) is 2. The Bertz CT molecular complexity index is 654. The second kappa shape index (κ2) is 8.26. The van der Waals surface area contributed by atoms with Crippen LogP contribution in [0.15, 0.2) is 35.8 Å². The van der Waals surface area contributed by atoms with Gasteiger partial charge in [-0.1, -0.05) is 13.0 Å². The number of anilines is 1. The third kappa shape index (κ3) is 4.55. The molecule has 2 aromatic rings. The fraction of sp³-hybridized carbons (Fsp3) is 0.444. The molecule has 0 aromatic carbocycles. The Morgan fingerprint density at radius 3 is 3.00 bits per heavy atom. The fourth-order valence-electron chi connectivity index (χ4n) is 2.76. The van der Waals surface area contributed by atoms with Gasteiger partial charge >= 0.3 is 0 Å². The van der Waals surface area contributed by atoms with Crippen LogP contribution in [-0.4, -0.2) is 43.7 Å². The zero-order valence-electron chi connectivity index (χ0n) is 13.9. The van der Waals surface area contributed by atoms with Gasteiger partial charge in [0.05, 0.1) is 13.2 Å². The van der Waals surface area contributed by atoms with Crippen molar-refractivity contribution in [2.45, 2.75) is 13.3 Å². The Balaban J connectivity index is 1.54. The molecule has 0 bridgehead atoms. The van der Waals surface area contributed by atoms with Gasteiger partial charge in [-0.25, -0.2) is 0 Å². The second-order valence-corrected chi connectivity index (χ2v) is 7.13. The Labute approximate surface area is 146 Å². The number of amides is 1. The van der Waals surface area contributed by atoms with E-state index in [1.165, 1.54) is 4.88 Å². The number of morpholine rings is 1. The maximum Gasteiger partial charge on any atom is 0.269 e. The third-order valence-corrected chi connectivity index (χ3v) is 4.99. The average Bonchev–Trinajstić information content (AvgIpc) is 3.13. The molecule has 0 saturated carbocycles. The Kier molecular flexibility index (Phi) is 5.82. The molecule has 2 aromatic heterocycles. The number of ether oxygens (including phenoxy) is 1. The molecule has 1 aliphatic heterocycles. The van der Waals surface area contributed by atoms with Gasteiger partial charge in [0.25, 0.3) is 5.91 Å². The van der Waals surface area contributed by atoms with Crippen LogP contribution in [0, 0.1) is 5.92 Å². The molecule has 1 fully saturated rings. The molecule has 1 saturated heterocycles. The first kappa shape index (κ1) is 16.9. The van der Waals surface area contributed by atoms with E-state index < -0.39 is 0 Å². The van der Waals surface area contributed by atoms with Gasteiger partial charge < -0.3 is 15.0 Å². The third-order valence-electron chi connectivity index (χ3n) is 4.09. The van der Waals surface area contributed by atoms with Crippen molar-refractivity contribution in [1.82, 2.24) is 10.3 Å². The topological polar surface area (TPSA) is 54.5 Å². The number of hydrogen-bond donors (Lipinski definition) is 1. The molecule has 0 aliphatic carbocycles. The van der Waals surface area contributed by atoms with Crippen molar-refractivity contribution in [3.8, 4) is 0 Å². The summed E-state index contributed by atoms with van der Waals surface area (Å²) < 4.78 is 5.37. The Morgan fingerprint density at radius 2 is 2.25 bits per heavy atom. The first-order valence-corrected chi connectivity index (χ1v) is 9.19. The summed E-state index contributed by atoms with van der Waals surface area (Å²) in [6, 6.07) is 8.01. The van der Waals surface area contributed by atoms with Crippen LogP contribution in [0.25, 0.3) is 0 Å². The molecule has 6 heteroatoms. The lowest BCUT2D eigenvalue weighted by Crippen LogP contribution is -2.36. The molecule has 0 spiro atoms. The molecule has 1 unspecified atom stereocenters. The van der Waals surface area contributed by atoms with Crippen molar-refractivity contribution in [3.05, 3.63) is 46.4 Å². The normalized spacial score (nSPS) is 16.0. The van der Waals surface area contributed by atoms with E-state index in [0.717, 1.165) is 38.4 Å². The number of carbonyl (C=O) groups is 1. The van der Waals surface area contributed by atoms with Crippen LogP contribution < -0.4 is 10.2 Å². The minimum Gasteiger partial charge on any atom is -0.378 e. The number of pyridine rings is 1. The Morgan fingerprint density at radius 1 is 1.42 bits per heavy atom. The first-order valence-electron chi connectivity index (χ1n) is 8.31. The molecule has 1 aliphatic rings. The van der Waals surface area contributed by atoms with Crippen molar-refractivity contribution in [2.75, 3.05) is 37.7 Å². The van der Waals surface area contributed by atoms with Crippen molar-refractivity contribution >= 4 is 22.9 Å². The van der Waals surface area contributed by atoms with E-state index in [2.05, 4.69) is 39.6 Å². The van der Waals surface area contributed by atoms with Crippen LogP contribution >= 0.6 is 11.3 Å². The number of hydrogen-bond acceptors (Lipinski definition) is 5. The van der Waals surface area contributed by atoms with Gasteiger partial charge in [-0.2, -0.15) is 0 Å². The number of rotatable bonds is 6. The van der Waals surface area contributed by atoms with Crippen LogP contribution in [0.1, 0.15) is 22.3 Å². The van der Waals surface area contributed by atoms with E-state index in [1.807, 2.05) is 12.1 Å². The van der Waals surface area contributed by atoms with Crippen LogP contribution in [-0.2, 0) is 11.2 Å². The van der Waals surface area contributed by atoms with Gasteiger partial charge in [0.15, 0.2) is 0 Å². The van der Waals surface area contributed by atoms with Crippen molar-refractivity contribution < 1.29 is 9.53 Å². The predicted molar refractivity (Wildman–Crippen MR) is 96.8 cm³/mol. The average molecular weight is 345 g/mol. The maximum atomic E-state index is 12.4. The lowest BCUT2D eigenvalue weighted by molar-refractivity contribution is 0.0943. The van der Waals surface area contributed by atoms with Crippen LogP contribution in [0.2, 0.25) is 0 Å². The van der Waals surface area contributed by atoms with E-state index in [0.29, 0.717) is 18.2 Å². The minimum absolute atomic E-state index is 0.108. The highest BCUT2D eigenvalue weighted by atomic mass is 32.1. The van der Waals surface area contributed by atoms with E-state index >= 15 is 0 Å². The van der Waals surface area contributed by atoms with Gasteiger partial charge in [-0.3, -0.25) is 9.78 Å². The lowest BCUT2D eigenvalue weighted by atomic mass is 10.1. The number of aromatic nitrogens is 1. The lowest BCUT2D eigenvalue weighted by Gasteiger charge is -2.28. The van der Waals surface area contributed by atoms with Gasteiger partial charge in [-0.05, 0) is 35.9 Å². The van der Waals surface area contributed by atoms with E-state index in [1.54, 1.807) is 17.5 Å². The fourth-order valence-corrected chi connectivity index (χ4v) is 3.63. The van der Waals surface area contributed by atoms with Gasteiger partial charge in [0.1, 0.15) is 5.69 Å². The molecular formula is C18H23N3O2S. The summed E-state index contributed by atoms with van der Waals surface area (Å²) in [5.41, 5.74) is 1.51. The molecule has 1 N–H and O–H groups in total. The number of nitrogens with one attached hydrogen (secondary N) is 1. The standard InChI is InChI=1S/C18H23N3O2S/c1-14(11-16-3-2-10-24-16)13-20-18(22)17-12-15(4-5-19-17)21-6-8-23-9-7-21/h2-5,10,12,14H,6-9,11,13H2,1H3,(H,20,22). The molecule has 128 valence electrons. The summed E-state index contributed by atoms with van der Waals surface area (Å²) in [6.07, 6.45) is 2.69. The summed E-state index contributed by atoms with van der Waals surface area (Å²) in [4.78, 5) is 20.2. The molecule has 3 rings (SSSR count). The minimum atomic E-state index is -0.108. The number of thiophene rings is 1. The summed E-state index contributed by atoms with van der Waals surface area (Å²) >= 11 is 1.76. The van der Waals surface area contributed by atoms with Gasteiger partial charge in [-0.15, -0.1) is 11.3 Å². The summed E-state index contributed by atoms with van der Waals surface area (Å²) in [5, 5.41) is 5.09. The quantitative estimate of drug-likeness (QED) is 0.874. The zero-order valence-corrected chi connectivity index (χ0v) is 14.7. The monoisotopic (exact) mass is 345 g/mol. The molecule has 1 amide bonds. The van der Waals surface area contributed by atoms with Crippen molar-refractivity contribution in [2.24, 2.45) is 5.92 Å². The number of carbonyl (C=O) groups excluding carboxylic acids is 1. The van der Waals surface area contributed by atoms with Gasteiger partial charge in [0, 0.05) is 36.4 Å². The summed E-state index contributed by atoms with van der Waals surface area (Å²) in [6.45, 7) is 5.96. The van der Waals surface area contributed by atoms with Crippen LogP contribution in [0.4, 0.5) is 5.69 Å². The molecule has 0 radical (unpaired) electrons. The van der Waals surface area contributed by atoms with Crippen LogP contribution in [0.3, 0.4) is 0 Å². The Hall–Kier alpha value is -1.92. The highest BCUT2D eigenvalue weighted by molar-refractivity contribution is 7.09. The maximum absolute atomic E-state index is 12.4. The summed E-state index contributed by atoms with van der Waals surface area (Å²) in [5.74, 6) is 0.290. The first-order chi connectivity index (χ1) is 11.7. The zero-order chi connectivity index (χ0) is 16.8. The molecule has 3 heterocycles. The van der Waals surface area contributed by atoms with E-state index in [4.69, 9.17) is 4.74 Å². The highest BCUT2D eigenvalue weighted by Gasteiger charge is 2.15. The largest absolute Gasteiger partial charge is 0.378 e. The van der Waals surface area contributed by atoms with E-state index in [9.17, 15) is 4.79 Å². The highest BCUT2D eigenvalue weighted by Crippen LogP contribution is 2.16. The molecule has 5 nitrogen and oxygen atoms in total. The second-order valence-electron chi connectivity index (χ2n) is 6.10. The van der Waals surface area contributed by atoms with Gasteiger partial charge in [0.2, 0.25) is 0 Å². The molecular weight excluding hydrogens is 322 g/mol. The smallest absolute Gasteiger partial charge is 0.269 e. The summed E-state index contributed by atoms with van der Waals surface area (Å²) in [7, 11) is 0.